The highest BCUT2D eigenvalue weighted by Gasteiger charge is 2.02. The van der Waals surface area contributed by atoms with Gasteiger partial charge in [0.2, 0.25) is 0 Å². The van der Waals surface area contributed by atoms with Crippen molar-refractivity contribution in [1.82, 2.24) is 0 Å². The molecular weight excluding hydrogens is 178 g/mol. The van der Waals surface area contributed by atoms with Crippen LogP contribution < -0.4 is 10.5 Å². The van der Waals surface area contributed by atoms with Crippen molar-refractivity contribution in [2.45, 2.75) is 19.4 Å². The van der Waals surface area contributed by atoms with Crippen LogP contribution in [0.5, 0.6) is 5.75 Å². The van der Waals surface area contributed by atoms with Crippen molar-refractivity contribution in [2.24, 2.45) is 5.73 Å². The average molecular weight is 195 g/mol. The van der Waals surface area contributed by atoms with Crippen LogP contribution in [-0.4, -0.2) is 24.4 Å². The third kappa shape index (κ3) is 3.36. The fourth-order valence-corrected chi connectivity index (χ4v) is 1.30. The Kier molecular flexibility index (Phi) is 4.43. The summed E-state index contributed by atoms with van der Waals surface area (Å²) in [6.07, 6.45) is 0.678. The summed E-state index contributed by atoms with van der Waals surface area (Å²) < 4.78 is 5.36. The van der Waals surface area contributed by atoms with E-state index in [4.69, 9.17) is 15.6 Å². The Bertz CT molecular complexity index is 276. The maximum Gasteiger partial charge on any atom is 0.119 e. The third-order valence-corrected chi connectivity index (χ3v) is 1.94. The minimum Gasteiger partial charge on any atom is -0.494 e. The minimum absolute atomic E-state index is 0.0128. The molecule has 0 aliphatic carbocycles. The van der Waals surface area contributed by atoms with Gasteiger partial charge in [-0.25, -0.2) is 0 Å². The summed E-state index contributed by atoms with van der Waals surface area (Å²) in [5.74, 6) is 0.857. The van der Waals surface area contributed by atoms with Gasteiger partial charge < -0.3 is 15.6 Å². The number of aliphatic hydroxyl groups is 1. The lowest BCUT2D eigenvalue weighted by atomic mass is 10.1. The molecule has 0 bridgehead atoms. The Morgan fingerprint density at radius 1 is 1.50 bits per heavy atom. The van der Waals surface area contributed by atoms with Crippen molar-refractivity contribution < 1.29 is 9.84 Å². The number of rotatable bonds is 5. The summed E-state index contributed by atoms with van der Waals surface area (Å²) in [6, 6.07) is 7.60. The van der Waals surface area contributed by atoms with E-state index in [0.29, 0.717) is 13.0 Å². The first-order valence-electron chi connectivity index (χ1n) is 4.84. The molecule has 0 saturated heterocycles. The van der Waals surface area contributed by atoms with Crippen LogP contribution in [0.1, 0.15) is 12.5 Å². The highest BCUT2D eigenvalue weighted by Crippen LogP contribution is 2.14. The molecular formula is C11H17NO2. The largest absolute Gasteiger partial charge is 0.494 e. The molecule has 1 rings (SSSR count). The molecule has 14 heavy (non-hydrogen) atoms. The van der Waals surface area contributed by atoms with Crippen molar-refractivity contribution in [3.63, 3.8) is 0 Å². The summed E-state index contributed by atoms with van der Waals surface area (Å²) >= 11 is 0. The Morgan fingerprint density at radius 3 is 2.93 bits per heavy atom. The summed E-state index contributed by atoms with van der Waals surface area (Å²) in [6.45, 7) is 2.63. The lowest BCUT2D eigenvalue weighted by Gasteiger charge is -2.09. The second kappa shape index (κ2) is 5.62. The Morgan fingerprint density at radius 2 is 2.29 bits per heavy atom. The zero-order valence-electron chi connectivity index (χ0n) is 8.44. The molecule has 1 atom stereocenters. The first kappa shape index (κ1) is 11.0. The zero-order chi connectivity index (χ0) is 10.4. The number of hydrogen-bond acceptors (Lipinski definition) is 3. The van der Waals surface area contributed by atoms with Crippen LogP contribution in [0.25, 0.3) is 0 Å². The molecule has 0 heterocycles. The average Bonchev–Trinajstić information content (AvgIpc) is 2.19. The van der Waals surface area contributed by atoms with Crippen LogP contribution >= 0.6 is 0 Å². The molecule has 0 saturated carbocycles. The molecule has 0 aromatic heterocycles. The molecule has 0 aliphatic heterocycles. The van der Waals surface area contributed by atoms with Gasteiger partial charge in [0.15, 0.2) is 0 Å². The second-order valence-corrected chi connectivity index (χ2v) is 3.23. The molecule has 0 spiro atoms. The van der Waals surface area contributed by atoms with Gasteiger partial charge >= 0.3 is 0 Å². The van der Waals surface area contributed by atoms with E-state index < -0.39 is 0 Å². The van der Waals surface area contributed by atoms with Gasteiger partial charge in [0.25, 0.3) is 0 Å². The zero-order valence-corrected chi connectivity index (χ0v) is 8.44. The predicted molar refractivity (Wildman–Crippen MR) is 56.4 cm³/mol. The monoisotopic (exact) mass is 195 g/mol. The van der Waals surface area contributed by atoms with Gasteiger partial charge in [-0.2, -0.15) is 0 Å². The lowest BCUT2D eigenvalue weighted by Crippen LogP contribution is -2.26. The number of hydrogen-bond donors (Lipinski definition) is 2. The van der Waals surface area contributed by atoms with Crippen LogP contribution in [0.2, 0.25) is 0 Å². The van der Waals surface area contributed by atoms with Crippen LogP contribution in [0, 0.1) is 0 Å². The van der Waals surface area contributed by atoms with E-state index >= 15 is 0 Å². The van der Waals surface area contributed by atoms with Gasteiger partial charge in [-0.05, 0) is 31.0 Å². The molecule has 0 fully saturated rings. The maximum absolute atomic E-state index is 8.81. The molecule has 1 unspecified atom stereocenters. The molecule has 1 aromatic rings. The van der Waals surface area contributed by atoms with Gasteiger partial charge in [-0.1, -0.05) is 12.1 Å². The van der Waals surface area contributed by atoms with Gasteiger partial charge in [0.05, 0.1) is 13.2 Å². The van der Waals surface area contributed by atoms with Crippen LogP contribution in [-0.2, 0) is 6.42 Å². The van der Waals surface area contributed by atoms with Gasteiger partial charge in [-0.15, -0.1) is 0 Å². The summed E-state index contributed by atoms with van der Waals surface area (Å²) in [4.78, 5) is 0. The predicted octanol–water partition coefficient (Wildman–Crippen LogP) is 0.947. The van der Waals surface area contributed by atoms with Gasteiger partial charge in [-0.3, -0.25) is 0 Å². The first-order chi connectivity index (χ1) is 6.76. The summed E-state index contributed by atoms with van der Waals surface area (Å²) in [5, 5.41) is 8.81. The van der Waals surface area contributed by atoms with E-state index in [1.807, 2.05) is 31.2 Å². The van der Waals surface area contributed by atoms with Crippen molar-refractivity contribution in [3.05, 3.63) is 29.8 Å². The fourth-order valence-electron chi connectivity index (χ4n) is 1.30. The molecule has 1 aromatic carbocycles. The van der Waals surface area contributed by atoms with Crippen molar-refractivity contribution in [3.8, 4) is 5.75 Å². The van der Waals surface area contributed by atoms with Crippen LogP contribution in [0.3, 0.4) is 0 Å². The smallest absolute Gasteiger partial charge is 0.119 e. The lowest BCUT2D eigenvalue weighted by molar-refractivity contribution is 0.265. The molecule has 3 nitrogen and oxygen atoms in total. The molecule has 3 N–H and O–H groups in total. The van der Waals surface area contributed by atoms with Gasteiger partial charge in [0, 0.05) is 6.04 Å². The first-order valence-corrected chi connectivity index (χ1v) is 4.84. The summed E-state index contributed by atoms with van der Waals surface area (Å²) in [7, 11) is 0. The molecule has 0 aliphatic rings. The Labute approximate surface area is 84.5 Å². The van der Waals surface area contributed by atoms with Gasteiger partial charge in [0.1, 0.15) is 5.75 Å². The highest BCUT2D eigenvalue weighted by atomic mass is 16.5. The van der Waals surface area contributed by atoms with E-state index in [1.165, 1.54) is 0 Å². The number of ether oxygens (including phenoxy) is 1. The SMILES string of the molecule is CCOc1cccc(CC(N)CO)c1. The van der Waals surface area contributed by atoms with Crippen molar-refractivity contribution in [1.29, 1.82) is 0 Å². The standard InChI is InChI=1S/C11H17NO2/c1-2-14-11-5-3-4-9(7-11)6-10(12)8-13/h3-5,7,10,13H,2,6,8,12H2,1H3. The minimum atomic E-state index is -0.188. The Hall–Kier alpha value is -1.06. The normalized spacial score (nSPS) is 12.5. The number of benzene rings is 1. The number of aliphatic hydroxyl groups excluding tert-OH is 1. The Balaban J connectivity index is 2.63. The van der Waals surface area contributed by atoms with Crippen molar-refractivity contribution >= 4 is 0 Å². The topological polar surface area (TPSA) is 55.5 Å². The van der Waals surface area contributed by atoms with E-state index in [2.05, 4.69) is 0 Å². The molecule has 78 valence electrons. The maximum atomic E-state index is 8.81. The number of nitrogens with two attached hydrogens (primary N) is 1. The molecule has 3 heteroatoms. The highest BCUT2D eigenvalue weighted by molar-refractivity contribution is 5.29. The van der Waals surface area contributed by atoms with Crippen molar-refractivity contribution in [2.75, 3.05) is 13.2 Å². The van der Waals surface area contributed by atoms with E-state index in [-0.39, 0.29) is 12.6 Å². The van der Waals surface area contributed by atoms with E-state index in [0.717, 1.165) is 11.3 Å². The van der Waals surface area contributed by atoms with Crippen LogP contribution in [0.4, 0.5) is 0 Å². The summed E-state index contributed by atoms with van der Waals surface area (Å²) in [5.41, 5.74) is 6.73. The fraction of sp³-hybridized carbons (Fsp3) is 0.455. The second-order valence-electron chi connectivity index (χ2n) is 3.23. The third-order valence-electron chi connectivity index (χ3n) is 1.94. The van der Waals surface area contributed by atoms with Crippen LogP contribution in [0.15, 0.2) is 24.3 Å². The molecule has 0 amide bonds. The molecule has 0 radical (unpaired) electrons. The van der Waals surface area contributed by atoms with E-state index in [1.54, 1.807) is 0 Å². The van der Waals surface area contributed by atoms with E-state index in [9.17, 15) is 0 Å². The quantitative estimate of drug-likeness (QED) is 0.735.